The third kappa shape index (κ3) is 3.04. The van der Waals surface area contributed by atoms with Crippen molar-refractivity contribution in [3.05, 3.63) is 11.5 Å². The van der Waals surface area contributed by atoms with Crippen molar-refractivity contribution < 1.29 is 18.0 Å². The van der Waals surface area contributed by atoms with Crippen molar-refractivity contribution in [2.45, 2.75) is 38.4 Å². The third-order valence-electron chi connectivity index (χ3n) is 3.64. The van der Waals surface area contributed by atoms with E-state index in [1.807, 2.05) is 0 Å². The van der Waals surface area contributed by atoms with E-state index in [0.717, 1.165) is 0 Å². The van der Waals surface area contributed by atoms with Crippen molar-refractivity contribution in [2.24, 2.45) is 0 Å². The zero-order chi connectivity index (χ0) is 15.8. The van der Waals surface area contributed by atoms with Crippen LogP contribution >= 0.6 is 11.6 Å². The van der Waals surface area contributed by atoms with E-state index >= 15 is 0 Å². The minimum atomic E-state index is -4.32. The van der Waals surface area contributed by atoms with Gasteiger partial charge in [-0.2, -0.15) is 18.2 Å². The fourth-order valence-electron chi connectivity index (χ4n) is 2.20. The van der Waals surface area contributed by atoms with E-state index in [2.05, 4.69) is 15.3 Å². The molecule has 9 heteroatoms. The van der Waals surface area contributed by atoms with Crippen molar-refractivity contribution in [3.63, 3.8) is 0 Å². The van der Waals surface area contributed by atoms with Crippen molar-refractivity contribution in [3.8, 4) is 0 Å². The maximum atomic E-state index is 12.5. The van der Waals surface area contributed by atoms with Gasteiger partial charge in [0.25, 0.3) is 0 Å². The number of anilines is 2. The molecule has 1 aliphatic heterocycles. The second-order valence-electron chi connectivity index (χ2n) is 4.97. The predicted octanol–water partition coefficient (Wildman–Crippen LogP) is 3.01. The lowest BCUT2D eigenvalue weighted by molar-refractivity contribution is -0.134. The van der Waals surface area contributed by atoms with Gasteiger partial charge in [0, 0.05) is 6.54 Å². The summed E-state index contributed by atoms with van der Waals surface area (Å²) < 4.78 is 37.6. The molecule has 2 heterocycles. The minimum Gasteiger partial charge on any atom is -0.340 e. The molecule has 1 N–H and O–H groups in total. The molecular weight excluding hydrogens is 309 g/mol. The Labute approximate surface area is 124 Å². The highest BCUT2D eigenvalue weighted by molar-refractivity contribution is 6.28. The molecule has 1 atom stereocenters. The molecule has 0 aromatic carbocycles. The Bertz CT molecular complexity index is 566. The van der Waals surface area contributed by atoms with Crippen LogP contribution in [0.4, 0.5) is 24.7 Å². The summed E-state index contributed by atoms with van der Waals surface area (Å²) in [4.78, 5) is 21.3. The van der Waals surface area contributed by atoms with Crippen LogP contribution in [0.1, 0.15) is 26.7 Å². The molecule has 1 amide bonds. The molecule has 2 rings (SSSR count). The fourth-order valence-corrected chi connectivity index (χ4v) is 2.33. The van der Waals surface area contributed by atoms with Gasteiger partial charge in [0.1, 0.15) is 11.2 Å². The van der Waals surface area contributed by atoms with Crippen LogP contribution in [0, 0.1) is 0 Å². The average Bonchev–Trinajstić information content (AvgIpc) is 2.39. The first kappa shape index (κ1) is 15.8. The third-order valence-corrected chi connectivity index (χ3v) is 3.82. The van der Waals surface area contributed by atoms with Gasteiger partial charge in [-0.15, -0.1) is 0 Å². The molecule has 116 valence electrons. The standard InChI is InChI=1S/C12H14ClF3N4O/c1-3-11(2)9(21)18-7-6-17-10(13)19-8(7)20(11)5-4-12(14,15)16/h6H,3-5H2,1-2H3,(H,18,21). The van der Waals surface area contributed by atoms with Crippen LogP contribution in [0.5, 0.6) is 0 Å². The van der Waals surface area contributed by atoms with Gasteiger partial charge in [-0.05, 0) is 24.9 Å². The molecule has 5 nitrogen and oxygen atoms in total. The topological polar surface area (TPSA) is 58.1 Å². The van der Waals surface area contributed by atoms with E-state index in [1.54, 1.807) is 13.8 Å². The van der Waals surface area contributed by atoms with Crippen molar-refractivity contribution in [1.82, 2.24) is 9.97 Å². The Hall–Kier alpha value is -1.57. The summed E-state index contributed by atoms with van der Waals surface area (Å²) in [6, 6.07) is 0. The highest BCUT2D eigenvalue weighted by Crippen LogP contribution is 2.38. The van der Waals surface area contributed by atoms with E-state index in [9.17, 15) is 18.0 Å². The largest absolute Gasteiger partial charge is 0.390 e. The molecule has 1 aromatic heterocycles. The molecule has 0 aliphatic carbocycles. The average molecular weight is 323 g/mol. The number of carbonyl (C=O) groups excluding carboxylic acids is 1. The Morgan fingerprint density at radius 2 is 2.14 bits per heavy atom. The van der Waals surface area contributed by atoms with Gasteiger partial charge in [0.2, 0.25) is 11.2 Å². The number of fused-ring (bicyclic) bond motifs is 1. The van der Waals surface area contributed by atoms with Gasteiger partial charge in [0.15, 0.2) is 5.82 Å². The minimum absolute atomic E-state index is 0.0830. The van der Waals surface area contributed by atoms with Crippen LogP contribution in [0.15, 0.2) is 6.20 Å². The zero-order valence-corrected chi connectivity index (χ0v) is 12.2. The molecular formula is C12H14ClF3N4O. The Morgan fingerprint density at radius 3 is 2.71 bits per heavy atom. The molecule has 0 radical (unpaired) electrons. The number of amides is 1. The number of rotatable bonds is 3. The summed E-state index contributed by atoms with van der Waals surface area (Å²) in [6.45, 7) is 2.94. The number of nitrogens with zero attached hydrogens (tertiary/aromatic N) is 3. The van der Waals surface area contributed by atoms with Gasteiger partial charge in [-0.1, -0.05) is 6.92 Å². The first-order chi connectivity index (χ1) is 9.67. The lowest BCUT2D eigenvalue weighted by atomic mass is 9.92. The summed E-state index contributed by atoms with van der Waals surface area (Å²) in [6.07, 6.45) is -3.74. The first-order valence-electron chi connectivity index (χ1n) is 6.36. The Balaban J connectivity index is 2.44. The number of hydrogen-bond acceptors (Lipinski definition) is 4. The van der Waals surface area contributed by atoms with E-state index in [-0.39, 0.29) is 29.2 Å². The van der Waals surface area contributed by atoms with E-state index in [1.165, 1.54) is 11.1 Å². The van der Waals surface area contributed by atoms with Crippen molar-refractivity contribution in [2.75, 3.05) is 16.8 Å². The summed E-state index contributed by atoms with van der Waals surface area (Å²) in [5.74, 6) is -0.172. The summed E-state index contributed by atoms with van der Waals surface area (Å²) in [7, 11) is 0. The second kappa shape index (κ2) is 5.32. The molecule has 21 heavy (non-hydrogen) atoms. The Morgan fingerprint density at radius 1 is 1.48 bits per heavy atom. The number of carbonyl (C=O) groups is 1. The summed E-state index contributed by atoms with van der Waals surface area (Å²) >= 11 is 5.72. The highest BCUT2D eigenvalue weighted by atomic mass is 35.5. The quantitative estimate of drug-likeness (QED) is 0.869. The molecule has 0 spiro atoms. The van der Waals surface area contributed by atoms with E-state index < -0.39 is 18.1 Å². The SMILES string of the molecule is CCC1(C)C(=O)Nc2cnc(Cl)nc2N1CCC(F)(F)F. The zero-order valence-electron chi connectivity index (χ0n) is 11.5. The molecule has 0 saturated carbocycles. The van der Waals surface area contributed by atoms with E-state index in [4.69, 9.17) is 11.6 Å². The molecule has 1 aromatic rings. The fraction of sp³-hybridized carbons (Fsp3) is 0.583. The number of nitrogens with one attached hydrogen (secondary N) is 1. The van der Waals surface area contributed by atoms with Gasteiger partial charge in [0.05, 0.1) is 12.6 Å². The van der Waals surface area contributed by atoms with Crippen LogP contribution in [-0.2, 0) is 4.79 Å². The molecule has 0 fully saturated rings. The Kier molecular flexibility index (Phi) is 4.01. The molecule has 1 aliphatic rings. The van der Waals surface area contributed by atoms with Crippen LogP contribution in [0.25, 0.3) is 0 Å². The van der Waals surface area contributed by atoms with Gasteiger partial charge in [-0.3, -0.25) is 4.79 Å². The summed E-state index contributed by atoms with van der Waals surface area (Å²) in [5, 5.41) is 2.53. The lowest BCUT2D eigenvalue weighted by Crippen LogP contribution is -2.58. The highest BCUT2D eigenvalue weighted by Gasteiger charge is 2.45. The van der Waals surface area contributed by atoms with Gasteiger partial charge in [-0.25, -0.2) is 4.98 Å². The molecule has 0 bridgehead atoms. The number of alkyl halides is 3. The maximum Gasteiger partial charge on any atom is 0.390 e. The molecule has 0 saturated heterocycles. The smallest absolute Gasteiger partial charge is 0.340 e. The summed E-state index contributed by atoms with van der Waals surface area (Å²) in [5.41, 5.74) is -0.854. The van der Waals surface area contributed by atoms with Crippen LogP contribution in [0.3, 0.4) is 0 Å². The van der Waals surface area contributed by atoms with Crippen LogP contribution in [0.2, 0.25) is 5.28 Å². The number of hydrogen-bond donors (Lipinski definition) is 1. The monoisotopic (exact) mass is 322 g/mol. The van der Waals surface area contributed by atoms with Gasteiger partial charge < -0.3 is 10.2 Å². The number of aromatic nitrogens is 2. The van der Waals surface area contributed by atoms with Crippen molar-refractivity contribution >= 4 is 29.0 Å². The predicted molar refractivity (Wildman–Crippen MR) is 72.4 cm³/mol. The van der Waals surface area contributed by atoms with E-state index in [0.29, 0.717) is 6.42 Å². The van der Waals surface area contributed by atoms with Crippen molar-refractivity contribution in [1.29, 1.82) is 0 Å². The first-order valence-corrected chi connectivity index (χ1v) is 6.73. The second-order valence-corrected chi connectivity index (χ2v) is 5.31. The van der Waals surface area contributed by atoms with Crippen LogP contribution in [-0.4, -0.2) is 34.1 Å². The lowest BCUT2D eigenvalue weighted by Gasteiger charge is -2.44. The number of halogens is 4. The maximum absolute atomic E-state index is 12.5. The molecule has 1 unspecified atom stereocenters. The normalized spacial score (nSPS) is 22.0. The van der Waals surface area contributed by atoms with Gasteiger partial charge >= 0.3 is 6.18 Å². The van der Waals surface area contributed by atoms with Crippen LogP contribution < -0.4 is 10.2 Å².